The minimum absolute atomic E-state index is 0.00243. The average molecular weight is 353 g/mol. The molecule has 1 saturated carbocycles. The van der Waals surface area contributed by atoms with Crippen molar-refractivity contribution in [2.45, 2.75) is 50.9 Å². The van der Waals surface area contributed by atoms with Gasteiger partial charge in [-0.25, -0.2) is 8.78 Å². The lowest BCUT2D eigenvalue weighted by molar-refractivity contribution is -0.149. The number of carbonyl (C=O) groups is 1. The second-order valence-electron chi connectivity index (χ2n) is 7.16. The van der Waals surface area contributed by atoms with Crippen molar-refractivity contribution < 1.29 is 22.4 Å². The van der Waals surface area contributed by atoms with Crippen molar-refractivity contribution in [2.24, 2.45) is 11.1 Å². The fourth-order valence-corrected chi connectivity index (χ4v) is 3.71. The molecular formula is C16H27F4N3O. The van der Waals surface area contributed by atoms with Gasteiger partial charge in [-0.2, -0.15) is 8.78 Å². The molecule has 0 spiro atoms. The molecule has 1 amide bonds. The molecule has 8 heteroatoms. The van der Waals surface area contributed by atoms with Gasteiger partial charge in [-0.3, -0.25) is 9.69 Å². The Hall–Kier alpha value is -0.890. The molecule has 1 aliphatic heterocycles. The van der Waals surface area contributed by atoms with E-state index < -0.39 is 18.9 Å². The van der Waals surface area contributed by atoms with Crippen LogP contribution in [0.1, 0.15) is 38.5 Å². The number of nitrogens with zero attached hydrogens (tertiary/aromatic N) is 2. The zero-order valence-corrected chi connectivity index (χ0v) is 14.0. The number of amides is 1. The molecule has 24 heavy (non-hydrogen) atoms. The number of alkyl halides is 4. The Labute approximate surface area is 140 Å². The monoisotopic (exact) mass is 353 g/mol. The van der Waals surface area contributed by atoms with E-state index in [1.807, 2.05) is 0 Å². The van der Waals surface area contributed by atoms with Crippen molar-refractivity contribution in [3.8, 4) is 0 Å². The van der Waals surface area contributed by atoms with E-state index in [1.165, 1.54) is 11.3 Å². The Morgan fingerprint density at radius 2 is 1.67 bits per heavy atom. The zero-order chi connectivity index (χ0) is 17.8. The average Bonchev–Trinajstić information content (AvgIpc) is 2.56. The number of hydrogen-bond acceptors (Lipinski definition) is 3. The quantitative estimate of drug-likeness (QED) is 0.746. The second-order valence-corrected chi connectivity index (χ2v) is 7.16. The second kappa shape index (κ2) is 7.99. The lowest BCUT2D eigenvalue weighted by Crippen LogP contribution is -2.53. The molecule has 0 unspecified atom stereocenters. The number of carbonyl (C=O) groups excluding carboxylic acids is 1. The maximum absolute atomic E-state index is 13.1. The summed E-state index contributed by atoms with van der Waals surface area (Å²) in [6.45, 7) is 0.531. The van der Waals surface area contributed by atoms with E-state index in [-0.39, 0.29) is 24.4 Å². The van der Waals surface area contributed by atoms with Crippen LogP contribution in [0.25, 0.3) is 0 Å². The number of hydrogen-bond donors (Lipinski definition) is 1. The maximum atomic E-state index is 13.1. The van der Waals surface area contributed by atoms with E-state index in [0.717, 1.165) is 25.7 Å². The van der Waals surface area contributed by atoms with E-state index in [4.69, 9.17) is 5.73 Å². The van der Waals surface area contributed by atoms with Crippen molar-refractivity contribution in [3.05, 3.63) is 0 Å². The smallest absolute Gasteiger partial charge is 0.319 e. The predicted octanol–water partition coefficient (Wildman–Crippen LogP) is 2.33. The summed E-state index contributed by atoms with van der Waals surface area (Å²) < 4.78 is 50.7. The number of rotatable bonds is 6. The molecule has 0 bridgehead atoms. The highest BCUT2D eigenvalue weighted by atomic mass is 19.3. The Morgan fingerprint density at radius 3 is 2.17 bits per heavy atom. The van der Waals surface area contributed by atoms with Gasteiger partial charge < -0.3 is 10.6 Å². The Morgan fingerprint density at radius 1 is 1.08 bits per heavy atom. The Balaban J connectivity index is 1.82. The third-order valence-electron chi connectivity index (χ3n) is 5.35. The molecule has 0 atom stereocenters. The summed E-state index contributed by atoms with van der Waals surface area (Å²) in [5.74, 6) is -4.00. The summed E-state index contributed by atoms with van der Waals surface area (Å²) in [5.41, 5.74) is 5.77. The molecule has 1 saturated heterocycles. The molecule has 2 rings (SSSR count). The fourth-order valence-electron chi connectivity index (χ4n) is 3.71. The van der Waals surface area contributed by atoms with Gasteiger partial charge in [-0.1, -0.05) is 19.3 Å². The van der Waals surface area contributed by atoms with Gasteiger partial charge in [0.2, 0.25) is 5.91 Å². The SMILES string of the molecule is NCC1(CC(=O)N2CCN(CC(F)(F)C(F)F)CC2)CCCCC1. The van der Waals surface area contributed by atoms with Gasteiger partial charge in [0.05, 0.1) is 6.54 Å². The maximum Gasteiger partial charge on any atom is 0.319 e. The molecule has 2 aliphatic rings. The Kier molecular flexibility index (Phi) is 6.47. The van der Waals surface area contributed by atoms with Crippen LogP contribution in [-0.2, 0) is 4.79 Å². The van der Waals surface area contributed by atoms with Gasteiger partial charge in [-0.15, -0.1) is 0 Å². The van der Waals surface area contributed by atoms with Gasteiger partial charge in [0.1, 0.15) is 0 Å². The number of piperazine rings is 1. The van der Waals surface area contributed by atoms with Crippen LogP contribution < -0.4 is 5.73 Å². The largest absolute Gasteiger partial charge is 0.340 e. The van der Waals surface area contributed by atoms with Gasteiger partial charge in [-0.05, 0) is 24.8 Å². The number of nitrogens with two attached hydrogens (primary N) is 1. The minimum Gasteiger partial charge on any atom is -0.340 e. The van der Waals surface area contributed by atoms with Crippen LogP contribution in [0.5, 0.6) is 0 Å². The lowest BCUT2D eigenvalue weighted by atomic mass is 9.71. The fraction of sp³-hybridized carbons (Fsp3) is 0.938. The summed E-state index contributed by atoms with van der Waals surface area (Å²) in [5, 5.41) is 0. The molecular weight excluding hydrogens is 326 g/mol. The molecule has 0 aromatic carbocycles. The van der Waals surface area contributed by atoms with Crippen LogP contribution in [0.15, 0.2) is 0 Å². The first-order valence-corrected chi connectivity index (χ1v) is 8.64. The highest BCUT2D eigenvalue weighted by Crippen LogP contribution is 2.38. The summed E-state index contributed by atoms with van der Waals surface area (Å²) in [4.78, 5) is 15.5. The van der Waals surface area contributed by atoms with Gasteiger partial charge in [0.25, 0.3) is 0 Å². The van der Waals surface area contributed by atoms with E-state index in [2.05, 4.69) is 0 Å². The van der Waals surface area contributed by atoms with Crippen molar-refractivity contribution in [3.63, 3.8) is 0 Å². The van der Waals surface area contributed by atoms with Crippen molar-refractivity contribution >= 4 is 5.91 Å². The van der Waals surface area contributed by atoms with Gasteiger partial charge in [0, 0.05) is 32.6 Å². The minimum atomic E-state index is -4.00. The molecule has 0 aromatic rings. The molecule has 0 radical (unpaired) electrons. The van der Waals surface area contributed by atoms with Crippen LogP contribution in [-0.4, -0.2) is 67.3 Å². The Bertz CT molecular complexity index is 420. The highest BCUT2D eigenvalue weighted by Gasteiger charge is 2.43. The molecule has 140 valence electrons. The lowest BCUT2D eigenvalue weighted by Gasteiger charge is -2.40. The first kappa shape index (κ1) is 19.4. The van der Waals surface area contributed by atoms with Crippen LogP contribution in [0, 0.1) is 5.41 Å². The highest BCUT2D eigenvalue weighted by molar-refractivity contribution is 5.77. The summed E-state index contributed by atoms with van der Waals surface area (Å²) in [6.07, 6.45) is 1.99. The number of halogens is 4. The third kappa shape index (κ3) is 4.81. The normalized spacial score (nSPS) is 22.8. The van der Waals surface area contributed by atoms with Gasteiger partial charge in [0.15, 0.2) is 0 Å². The van der Waals surface area contributed by atoms with Crippen molar-refractivity contribution in [2.75, 3.05) is 39.3 Å². The van der Waals surface area contributed by atoms with Gasteiger partial charge >= 0.3 is 12.3 Å². The molecule has 1 aliphatic carbocycles. The van der Waals surface area contributed by atoms with E-state index in [1.54, 1.807) is 4.90 Å². The zero-order valence-electron chi connectivity index (χ0n) is 14.0. The van der Waals surface area contributed by atoms with Crippen LogP contribution in [0.3, 0.4) is 0 Å². The molecule has 4 nitrogen and oxygen atoms in total. The molecule has 2 fully saturated rings. The molecule has 0 aromatic heterocycles. The van der Waals surface area contributed by atoms with Crippen LogP contribution in [0.4, 0.5) is 17.6 Å². The third-order valence-corrected chi connectivity index (χ3v) is 5.35. The molecule has 1 heterocycles. The first-order chi connectivity index (χ1) is 11.3. The van der Waals surface area contributed by atoms with Crippen molar-refractivity contribution in [1.82, 2.24) is 9.80 Å². The van der Waals surface area contributed by atoms with E-state index in [9.17, 15) is 22.4 Å². The molecule has 2 N–H and O–H groups in total. The standard InChI is InChI=1S/C16H27F4N3O/c17-14(18)16(19,20)12-22-6-8-23(9-7-22)13(24)10-15(11-21)4-2-1-3-5-15/h14H,1-12,21H2. The van der Waals surface area contributed by atoms with Crippen molar-refractivity contribution in [1.29, 1.82) is 0 Å². The van der Waals surface area contributed by atoms with E-state index >= 15 is 0 Å². The first-order valence-electron chi connectivity index (χ1n) is 8.64. The predicted molar refractivity (Wildman–Crippen MR) is 83.2 cm³/mol. The summed E-state index contributed by atoms with van der Waals surface area (Å²) >= 11 is 0. The topological polar surface area (TPSA) is 49.6 Å². The van der Waals surface area contributed by atoms with Crippen LogP contribution >= 0.6 is 0 Å². The summed E-state index contributed by atoms with van der Waals surface area (Å²) in [6, 6.07) is 0. The summed E-state index contributed by atoms with van der Waals surface area (Å²) in [7, 11) is 0. The van der Waals surface area contributed by atoms with E-state index in [0.29, 0.717) is 26.1 Å². The van der Waals surface area contributed by atoms with Crippen LogP contribution in [0.2, 0.25) is 0 Å².